The minimum absolute atomic E-state index is 0.0352. The van der Waals surface area contributed by atoms with E-state index in [0.717, 1.165) is 51.9 Å². The second-order valence-electron chi connectivity index (χ2n) is 11.5. The second-order valence-corrected chi connectivity index (χ2v) is 11.5. The Labute approximate surface area is 208 Å². The highest BCUT2D eigenvalue weighted by atomic mass is 16.6. The molecule has 4 aliphatic heterocycles. The molecule has 0 aromatic heterocycles. The van der Waals surface area contributed by atoms with Crippen LogP contribution in [-0.2, 0) is 23.7 Å². The van der Waals surface area contributed by atoms with Crippen LogP contribution in [0.1, 0.15) is 46.5 Å². The molecule has 1 N–H and O–H groups in total. The molecule has 4 heterocycles. The van der Waals surface area contributed by atoms with Crippen LogP contribution in [0.25, 0.3) is 0 Å². The third-order valence-corrected chi connectivity index (χ3v) is 8.68. The molecule has 9 heteroatoms. The molecule has 1 spiro atoms. The third kappa shape index (κ3) is 5.10. The van der Waals surface area contributed by atoms with Crippen molar-refractivity contribution in [3.05, 3.63) is 11.6 Å². The molecule has 5 rings (SSSR count). The minimum atomic E-state index is -0.332. The van der Waals surface area contributed by atoms with Crippen LogP contribution in [0.15, 0.2) is 11.6 Å². The monoisotopic (exact) mass is 491 g/mol. The first-order valence-corrected chi connectivity index (χ1v) is 13.2. The van der Waals surface area contributed by atoms with Crippen LogP contribution < -0.4 is 5.32 Å². The Kier molecular flexibility index (Phi) is 6.89. The van der Waals surface area contributed by atoms with Gasteiger partial charge in [0, 0.05) is 33.3 Å². The van der Waals surface area contributed by atoms with E-state index in [1.165, 1.54) is 5.57 Å². The van der Waals surface area contributed by atoms with E-state index in [9.17, 15) is 9.59 Å². The summed E-state index contributed by atoms with van der Waals surface area (Å²) in [5, 5.41) is 2.86. The number of nitrogens with zero attached hydrogens (tertiary/aromatic N) is 2. The summed E-state index contributed by atoms with van der Waals surface area (Å²) >= 11 is 0. The lowest BCUT2D eigenvalue weighted by Crippen LogP contribution is -2.58. The molecule has 1 saturated carbocycles. The third-order valence-electron chi connectivity index (χ3n) is 8.68. The number of piperazine rings is 1. The van der Waals surface area contributed by atoms with Crippen molar-refractivity contribution >= 4 is 12.0 Å². The van der Waals surface area contributed by atoms with Crippen molar-refractivity contribution in [3.63, 3.8) is 0 Å². The predicted octanol–water partition coefficient (Wildman–Crippen LogP) is 1.95. The average molecular weight is 492 g/mol. The molecule has 0 bridgehead atoms. The Morgan fingerprint density at radius 1 is 1.31 bits per heavy atom. The van der Waals surface area contributed by atoms with Gasteiger partial charge in [-0.1, -0.05) is 11.6 Å². The Morgan fingerprint density at radius 2 is 2.09 bits per heavy atom. The maximum Gasteiger partial charge on any atom is 0.410 e. The van der Waals surface area contributed by atoms with Crippen LogP contribution >= 0.6 is 0 Å². The lowest BCUT2D eigenvalue weighted by Gasteiger charge is -2.44. The molecule has 5 fully saturated rings. The number of methoxy groups -OCH3 is 1. The number of nitrogens with one attached hydrogen (secondary N) is 1. The number of hydrogen-bond donors (Lipinski definition) is 1. The van der Waals surface area contributed by atoms with E-state index < -0.39 is 0 Å². The number of allylic oxidation sites excluding steroid dienone is 1. The zero-order valence-electron chi connectivity index (χ0n) is 21.6. The summed E-state index contributed by atoms with van der Waals surface area (Å²) in [6.07, 6.45) is 5.02. The van der Waals surface area contributed by atoms with Crippen molar-refractivity contribution in [2.24, 2.45) is 11.8 Å². The van der Waals surface area contributed by atoms with Crippen molar-refractivity contribution in [3.8, 4) is 0 Å². The summed E-state index contributed by atoms with van der Waals surface area (Å²) in [7, 11) is 1.71. The van der Waals surface area contributed by atoms with Gasteiger partial charge < -0.3 is 29.2 Å². The molecule has 5 aliphatic rings. The molecule has 6 atom stereocenters. The fraction of sp³-hybridized carbons (Fsp3) is 0.846. The normalized spacial score (nSPS) is 39.1. The zero-order valence-corrected chi connectivity index (χ0v) is 21.6. The van der Waals surface area contributed by atoms with Crippen LogP contribution in [-0.4, -0.2) is 104 Å². The molecule has 9 nitrogen and oxygen atoms in total. The van der Waals surface area contributed by atoms with Crippen molar-refractivity contribution in [1.82, 2.24) is 15.1 Å². The molecule has 0 aromatic rings. The number of amides is 2. The molecule has 4 saturated heterocycles. The van der Waals surface area contributed by atoms with Gasteiger partial charge in [0.2, 0.25) is 5.91 Å². The van der Waals surface area contributed by atoms with Gasteiger partial charge in [0.25, 0.3) is 0 Å². The fourth-order valence-electron chi connectivity index (χ4n) is 6.42. The highest BCUT2D eigenvalue weighted by Gasteiger charge is 2.72. The number of ether oxygens (including phenoxy) is 4. The molecular weight excluding hydrogens is 450 g/mol. The van der Waals surface area contributed by atoms with Crippen molar-refractivity contribution in [2.75, 3.05) is 53.0 Å². The molecule has 0 aromatic carbocycles. The van der Waals surface area contributed by atoms with E-state index in [2.05, 4.69) is 37.1 Å². The van der Waals surface area contributed by atoms with Crippen LogP contribution in [0.2, 0.25) is 0 Å². The van der Waals surface area contributed by atoms with Gasteiger partial charge >= 0.3 is 6.09 Å². The number of rotatable bonds is 8. The van der Waals surface area contributed by atoms with Crippen LogP contribution in [0, 0.1) is 11.8 Å². The first-order valence-electron chi connectivity index (χ1n) is 13.2. The van der Waals surface area contributed by atoms with Crippen molar-refractivity contribution in [1.29, 1.82) is 0 Å². The van der Waals surface area contributed by atoms with E-state index in [0.29, 0.717) is 25.6 Å². The maximum atomic E-state index is 13.0. The quantitative estimate of drug-likeness (QED) is 0.410. The molecule has 1 aliphatic carbocycles. The van der Waals surface area contributed by atoms with Crippen LogP contribution in [0.5, 0.6) is 0 Å². The van der Waals surface area contributed by atoms with Crippen LogP contribution in [0.4, 0.5) is 4.79 Å². The number of hydrogen-bond acceptors (Lipinski definition) is 7. The number of carbonyl (C=O) groups excluding carboxylic acids is 2. The van der Waals surface area contributed by atoms with Crippen molar-refractivity contribution < 1.29 is 28.5 Å². The van der Waals surface area contributed by atoms with Gasteiger partial charge in [-0.25, -0.2) is 4.79 Å². The summed E-state index contributed by atoms with van der Waals surface area (Å²) in [6.45, 7) is 11.5. The maximum absolute atomic E-state index is 13.0. The molecule has 35 heavy (non-hydrogen) atoms. The number of epoxide rings is 2. The molecule has 2 amide bonds. The summed E-state index contributed by atoms with van der Waals surface area (Å²) in [5.41, 5.74) is 0.736. The predicted molar refractivity (Wildman–Crippen MR) is 129 cm³/mol. The summed E-state index contributed by atoms with van der Waals surface area (Å²) in [6, 6.07) is 0. The highest BCUT2D eigenvalue weighted by molar-refractivity contribution is 5.78. The molecular formula is C26H41N3O6. The first kappa shape index (κ1) is 25.0. The van der Waals surface area contributed by atoms with E-state index >= 15 is 0 Å². The Hall–Kier alpha value is -1.68. The Morgan fingerprint density at radius 3 is 2.74 bits per heavy atom. The smallest absolute Gasteiger partial charge is 0.410 e. The van der Waals surface area contributed by atoms with Gasteiger partial charge in [0.1, 0.15) is 23.4 Å². The summed E-state index contributed by atoms with van der Waals surface area (Å²) in [5.74, 6) is 0.594. The lowest BCUT2D eigenvalue weighted by atomic mass is 9.68. The lowest BCUT2D eigenvalue weighted by molar-refractivity contribution is -0.125. The van der Waals surface area contributed by atoms with Crippen LogP contribution in [0.3, 0.4) is 0 Å². The minimum Gasteiger partial charge on any atom is -0.443 e. The molecule has 196 valence electrons. The second kappa shape index (κ2) is 9.65. The van der Waals surface area contributed by atoms with Gasteiger partial charge in [0.15, 0.2) is 0 Å². The SMILES string of the molecule is CO[C@@H]1[C@H](OC(=O)N2CC(CCN3CCNC(=O)C3)C2)CC[C@]2(CO2)[C@H]1[C@@]1(C)O[C@@H]1CC=C(C)C. The van der Waals surface area contributed by atoms with Gasteiger partial charge in [-0.2, -0.15) is 0 Å². The van der Waals surface area contributed by atoms with Gasteiger partial charge in [-0.05, 0) is 58.9 Å². The average Bonchev–Trinajstić information content (AvgIpc) is 3.69. The Balaban J connectivity index is 1.13. The van der Waals surface area contributed by atoms with Gasteiger partial charge in [0.05, 0.1) is 25.2 Å². The number of likely N-dealkylation sites (tertiary alicyclic amines) is 1. The van der Waals surface area contributed by atoms with E-state index in [-0.39, 0.29) is 47.4 Å². The summed E-state index contributed by atoms with van der Waals surface area (Å²) < 4.78 is 24.3. The van der Waals surface area contributed by atoms with Gasteiger partial charge in [-0.15, -0.1) is 0 Å². The molecule has 0 radical (unpaired) electrons. The van der Waals surface area contributed by atoms with Gasteiger partial charge in [-0.3, -0.25) is 9.69 Å². The zero-order chi connectivity index (χ0) is 24.8. The van der Waals surface area contributed by atoms with E-state index in [1.54, 1.807) is 12.0 Å². The Bertz CT molecular complexity index is 850. The standard InChI is InChI=1S/C26H41N3O6/c1-17(2)5-6-20-25(3,35-20)23-22(32-4)19(7-9-26(23)16-33-26)34-24(31)29-13-18(14-29)8-11-28-12-10-27-21(30)15-28/h5,18-20,22-23H,6-16H2,1-4H3,(H,27,30)/t19-,20-,22-,23-,25+,26+/m1/s1. The van der Waals surface area contributed by atoms with Crippen molar-refractivity contribution in [2.45, 2.75) is 76.0 Å². The molecule has 0 unspecified atom stereocenters. The summed E-state index contributed by atoms with van der Waals surface area (Å²) in [4.78, 5) is 28.5. The first-order chi connectivity index (χ1) is 16.7. The van der Waals surface area contributed by atoms with E-state index in [1.807, 2.05) is 0 Å². The topological polar surface area (TPSA) is 96.2 Å². The fourth-order valence-corrected chi connectivity index (χ4v) is 6.42. The largest absolute Gasteiger partial charge is 0.443 e. The van der Waals surface area contributed by atoms with E-state index in [4.69, 9.17) is 18.9 Å². The highest BCUT2D eigenvalue weighted by Crippen LogP contribution is 2.59. The number of carbonyl (C=O) groups is 2.